The smallest absolute Gasteiger partial charge is 0.126 e. The molecule has 84 valence electrons. The largest absolute Gasteiger partial charge is 0.326 e. The molecule has 0 radical (unpaired) electrons. The van der Waals surface area contributed by atoms with Crippen molar-refractivity contribution in [3.63, 3.8) is 0 Å². The standard InChI is InChI=1S/C12H17F2N/c1-12(2,15)7-3-4-9-8-10(13)5-6-11(9)14/h5-6,8H,3-4,7,15H2,1-2H3. The van der Waals surface area contributed by atoms with Crippen LogP contribution in [0.5, 0.6) is 0 Å². The zero-order chi connectivity index (χ0) is 11.5. The summed E-state index contributed by atoms with van der Waals surface area (Å²) in [7, 11) is 0. The highest BCUT2D eigenvalue weighted by Gasteiger charge is 2.11. The molecule has 1 aromatic carbocycles. The molecule has 0 aliphatic carbocycles. The third-order valence-corrected chi connectivity index (χ3v) is 2.27. The van der Waals surface area contributed by atoms with Crippen LogP contribution < -0.4 is 5.73 Å². The molecule has 1 aromatic rings. The van der Waals surface area contributed by atoms with Crippen molar-refractivity contribution in [2.45, 2.75) is 38.6 Å². The summed E-state index contributed by atoms with van der Waals surface area (Å²) < 4.78 is 26.0. The van der Waals surface area contributed by atoms with Gasteiger partial charge in [-0.1, -0.05) is 0 Å². The van der Waals surface area contributed by atoms with Crippen LogP contribution in [0, 0.1) is 11.6 Å². The van der Waals surface area contributed by atoms with Gasteiger partial charge in [0, 0.05) is 5.54 Å². The van der Waals surface area contributed by atoms with Gasteiger partial charge in [0.05, 0.1) is 0 Å². The van der Waals surface area contributed by atoms with Crippen LogP contribution in [0.3, 0.4) is 0 Å². The fraction of sp³-hybridized carbons (Fsp3) is 0.500. The predicted molar refractivity (Wildman–Crippen MR) is 57.6 cm³/mol. The van der Waals surface area contributed by atoms with Gasteiger partial charge in [-0.25, -0.2) is 8.78 Å². The van der Waals surface area contributed by atoms with Gasteiger partial charge < -0.3 is 5.73 Å². The van der Waals surface area contributed by atoms with Gasteiger partial charge in [-0.2, -0.15) is 0 Å². The fourth-order valence-corrected chi connectivity index (χ4v) is 1.47. The van der Waals surface area contributed by atoms with Crippen molar-refractivity contribution in [2.75, 3.05) is 0 Å². The number of halogens is 2. The van der Waals surface area contributed by atoms with E-state index < -0.39 is 5.82 Å². The summed E-state index contributed by atoms with van der Waals surface area (Å²) in [4.78, 5) is 0. The van der Waals surface area contributed by atoms with Gasteiger partial charge in [-0.3, -0.25) is 0 Å². The molecular weight excluding hydrogens is 196 g/mol. The molecule has 0 atom stereocenters. The van der Waals surface area contributed by atoms with Crippen molar-refractivity contribution in [3.8, 4) is 0 Å². The van der Waals surface area contributed by atoms with Gasteiger partial charge in [0.15, 0.2) is 0 Å². The lowest BCUT2D eigenvalue weighted by molar-refractivity contribution is 0.455. The Morgan fingerprint density at radius 1 is 1.27 bits per heavy atom. The Kier molecular flexibility index (Phi) is 3.80. The van der Waals surface area contributed by atoms with Crippen LogP contribution in [0.4, 0.5) is 8.78 Å². The van der Waals surface area contributed by atoms with E-state index >= 15 is 0 Å². The first kappa shape index (κ1) is 12.1. The van der Waals surface area contributed by atoms with E-state index in [4.69, 9.17) is 5.73 Å². The Hall–Kier alpha value is -0.960. The molecule has 0 aliphatic heterocycles. The predicted octanol–water partition coefficient (Wildman–Crippen LogP) is 3.02. The summed E-state index contributed by atoms with van der Waals surface area (Å²) in [6, 6.07) is 3.54. The van der Waals surface area contributed by atoms with Crippen molar-refractivity contribution >= 4 is 0 Å². The Labute approximate surface area is 89.3 Å². The van der Waals surface area contributed by atoms with Gasteiger partial charge in [-0.15, -0.1) is 0 Å². The average Bonchev–Trinajstić information content (AvgIpc) is 2.09. The molecule has 1 nitrogen and oxygen atoms in total. The minimum atomic E-state index is -0.390. The van der Waals surface area contributed by atoms with E-state index in [-0.39, 0.29) is 11.4 Å². The van der Waals surface area contributed by atoms with E-state index in [1.54, 1.807) is 0 Å². The second-order valence-corrected chi connectivity index (χ2v) is 4.58. The number of aryl methyl sites for hydroxylation is 1. The first-order chi connectivity index (χ1) is 6.88. The first-order valence-electron chi connectivity index (χ1n) is 5.11. The maximum Gasteiger partial charge on any atom is 0.126 e. The zero-order valence-corrected chi connectivity index (χ0v) is 9.19. The van der Waals surface area contributed by atoms with Crippen molar-refractivity contribution in [2.24, 2.45) is 5.73 Å². The topological polar surface area (TPSA) is 26.0 Å². The van der Waals surface area contributed by atoms with E-state index in [9.17, 15) is 8.78 Å². The van der Waals surface area contributed by atoms with Gasteiger partial charge in [0.2, 0.25) is 0 Å². The zero-order valence-electron chi connectivity index (χ0n) is 9.19. The van der Waals surface area contributed by atoms with Crippen molar-refractivity contribution in [1.82, 2.24) is 0 Å². The number of hydrogen-bond donors (Lipinski definition) is 1. The molecule has 0 saturated carbocycles. The summed E-state index contributed by atoms with van der Waals surface area (Å²) >= 11 is 0. The highest BCUT2D eigenvalue weighted by atomic mass is 19.1. The summed E-state index contributed by atoms with van der Waals surface area (Å²) in [6.45, 7) is 3.85. The van der Waals surface area contributed by atoms with Crippen LogP contribution in [-0.4, -0.2) is 5.54 Å². The van der Waals surface area contributed by atoms with Crippen molar-refractivity contribution in [1.29, 1.82) is 0 Å². The summed E-state index contributed by atoms with van der Waals surface area (Å²) in [5, 5.41) is 0. The lowest BCUT2D eigenvalue weighted by Crippen LogP contribution is -2.31. The minimum absolute atomic E-state index is 0.246. The SMILES string of the molecule is CC(C)(N)CCCc1cc(F)ccc1F. The van der Waals surface area contributed by atoms with E-state index in [1.807, 2.05) is 13.8 Å². The van der Waals surface area contributed by atoms with Crippen molar-refractivity contribution < 1.29 is 8.78 Å². The van der Waals surface area contributed by atoms with Gasteiger partial charge in [-0.05, 0) is 56.9 Å². The monoisotopic (exact) mass is 213 g/mol. The van der Waals surface area contributed by atoms with Crippen LogP contribution in [0.2, 0.25) is 0 Å². The lowest BCUT2D eigenvalue weighted by atomic mass is 9.96. The van der Waals surface area contributed by atoms with Crippen LogP contribution in [0.1, 0.15) is 32.3 Å². The molecule has 0 fully saturated rings. The molecule has 1 rings (SSSR count). The van der Waals surface area contributed by atoms with Crippen LogP contribution in [0.25, 0.3) is 0 Å². The number of hydrogen-bond acceptors (Lipinski definition) is 1. The Bertz CT molecular complexity index is 329. The van der Waals surface area contributed by atoms with E-state index in [2.05, 4.69) is 0 Å². The normalized spacial score (nSPS) is 11.8. The van der Waals surface area contributed by atoms with Crippen molar-refractivity contribution in [3.05, 3.63) is 35.4 Å². The van der Waals surface area contributed by atoms with E-state index in [0.717, 1.165) is 25.0 Å². The highest BCUT2D eigenvalue weighted by molar-refractivity contribution is 5.18. The molecular formula is C12H17F2N. The second kappa shape index (κ2) is 4.71. The lowest BCUT2D eigenvalue weighted by Gasteiger charge is -2.17. The molecule has 3 heteroatoms. The molecule has 0 spiro atoms. The van der Waals surface area contributed by atoms with Crippen LogP contribution >= 0.6 is 0 Å². The highest BCUT2D eigenvalue weighted by Crippen LogP contribution is 2.15. The fourth-order valence-electron chi connectivity index (χ4n) is 1.47. The van der Waals surface area contributed by atoms with Gasteiger partial charge >= 0.3 is 0 Å². The Morgan fingerprint density at radius 2 is 1.93 bits per heavy atom. The third kappa shape index (κ3) is 4.38. The van der Waals surface area contributed by atoms with E-state index in [1.165, 1.54) is 6.07 Å². The molecule has 15 heavy (non-hydrogen) atoms. The molecule has 0 saturated heterocycles. The number of rotatable bonds is 4. The van der Waals surface area contributed by atoms with Gasteiger partial charge in [0.25, 0.3) is 0 Å². The summed E-state index contributed by atoms with van der Waals surface area (Å²) in [5.41, 5.74) is 5.98. The third-order valence-electron chi connectivity index (χ3n) is 2.27. The molecule has 0 aromatic heterocycles. The average molecular weight is 213 g/mol. The number of benzene rings is 1. The molecule has 0 bridgehead atoms. The Morgan fingerprint density at radius 3 is 2.53 bits per heavy atom. The molecule has 2 N–H and O–H groups in total. The Balaban J connectivity index is 2.54. The maximum absolute atomic E-state index is 13.2. The molecule has 0 amide bonds. The van der Waals surface area contributed by atoms with Crippen LogP contribution in [-0.2, 0) is 6.42 Å². The van der Waals surface area contributed by atoms with Gasteiger partial charge in [0.1, 0.15) is 11.6 Å². The number of nitrogens with two attached hydrogens (primary N) is 1. The van der Waals surface area contributed by atoms with E-state index in [0.29, 0.717) is 12.0 Å². The molecule has 0 unspecified atom stereocenters. The molecule has 0 heterocycles. The minimum Gasteiger partial charge on any atom is -0.326 e. The summed E-state index contributed by atoms with van der Waals surface area (Å²) in [5.74, 6) is -0.732. The second-order valence-electron chi connectivity index (χ2n) is 4.58. The summed E-state index contributed by atoms with van der Waals surface area (Å²) in [6.07, 6.45) is 2.09. The maximum atomic E-state index is 13.2. The first-order valence-corrected chi connectivity index (χ1v) is 5.11. The molecule has 0 aliphatic rings. The van der Waals surface area contributed by atoms with Crippen LogP contribution in [0.15, 0.2) is 18.2 Å². The quantitative estimate of drug-likeness (QED) is 0.817.